The number of amides is 1. The normalized spacial score (nSPS) is 12.6. The van der Waals surface area contributed by atoms with Gasteiger partial charge in [0.1, 0.15) is 0 Å². The number of imidazole rings is 1. The highest BCUT2D eigenvalue weighted by atomic mass is 16.1. The van der Waals surface area contributed by atoms with Crippen LogP contribution in [0, 0.1) is 5.92 Å². The molecule has 5 nitrogen and oxygen atoms in total. The van der Waals surface area contributed by atoms with E-state index < -0.39 is 0 Å². The topological polar surface area (TPSA) is 72.9 Å². The molecule has 1 aromatic rings. The van der Waals surface area contributed by atoms with Gasteiger partial charge in [-0.1, -0.05) is 6.92 Å². The van der Waals surface area contributed by atoms with Gasteiger partial charge in [-0.2, -0.15) is 0 Å². The molecule has 1 amide bonds. The van der Waals surface area contributed by atoms with Gasteiger partial charge in [0.2, 0.25) is 5.91 Å². The minimum absolute atomic E-state index is 0.113. The van der Waals surface area contributed by atoms with E-state index in [1.165, 1.54) is 0 Å². The fraction of sp³-hybridized carbons (Fsp3) is 0.556. The van der Waals surface area contributed by atoms with Gasteiger partial charge in [-0.15, -0.1) is 0 Å². The Morgan fingerprint density at radius 2 is 2.50 bits per heavy atom. The number of nitrogens with one attached hydrogen (secondary N) is 1. The van der Waals surface area contributed by atoms with Crippen LogP contribution in [0.25, 0.3) is 0 Å². The van der Waals surface area contributed by atoms with Crippen molar-refractivity contribution in [2.45, 2.75) is 13.5 Å². The van der Waals surface area contributed by atoms with Crippen molar-refractivity contribution < 1.29 is 4.79 Å². The second-order valence-corrected chi connectivity index (χ2v) is 3.31. The molecule has 14 heavy (non-hydrogen) atoms. The number of hydrogen-bond donors (Lipinski definition) is 2. The minimum Gasteiger partial charge on any atom is -0.369 e. The van der Waals surface area contributed by atoms with Crippen LogP contribution in [0.3, 0.4) is 0 Å². The standard InChI is InChI=1S/C9H16N4O/c1-8(9(10)14)6-11-2-4-13-5-3-12-7-13/h3,5,7-8,11H,2,4,6H2,1H3,(H2,10,14). The van der Waals surface area contributed by atoms with E-state index in [-0.39, 0.29) is 11.8 Å². The van der Waals surface area contributed by atoms with Crippen LogP contribution in [0.5, 0.6) is 0 Å². The molecule has 1 rings (SSSR count). The average Bonchev–Trinajstić information content (AvgIpc) is 2.64. The molecule has 0 aliphatic rings. The first-order valence-corrected chi connectivity index (χ1v) is 4.66. The maximum absolute atomic E-state index is 10.7. The van der Waals surface area contributed by atoms with E-state index >= 15 is 0 Å². The molecular formula is C9H16N4O. The first-order valence-electron chi connectivity index (χ1n) is 4.66. The van der Waals surface area contributed by atoms with Crippen molar-refractivity contribution in [2.24, 2.45) is 11.7 Å². The maximum Gasteiger partial charge on any atom is 0.221 e. The van der Waals surface area contributed by atoms with Crippen molar-refractivity contribution in [1.82, 2.24) is 14.9 Å². The van der Waals surface area contributed by atoms with Gasteiger partial charge < -0.3 is 15.6 Å². The molecule has 0 saturated heterocycles. The third kappa shape index (κ3) is 3.57. The first-order chi connectivity index (χ1) is 6.70. The van der Waals surface area contributed by atoms with E-state index in [2.05, 4.69) is 10.3 Å². The highest BCUT2D eigenvalue weighted by Gasteiger charge is 2.06. The lowest BCUT2D eigenvalue weighted by Crippen LogP contribution is -2.32. The molecule has 0 spiro atoms. The lowest BCUT2D eigenvalue weighted by molar-refractivity contribution is -0.121. The summed E-state index contributed by atoms with van der Waals surface area (Å²) in [6.07, 6.45) is 5.41. The summed E-state index contributed by atoms with van der Waals surface area (Å²) in [5, 5.41) is 3.16. The number of hydrogen-bond acceptors (Lipinski definition) is 3. The minimum atomic E-state index is -0.264. The molecule has 0 fully saturated rings. The number of primary amides is 1. The van der Waals surface area contributed by atoms with Crippen LogP contribution < -0.4 is 11.1 Å². The smallest absolute Gasteiger partial charge is 0.221 e. The molecule has 78 valence electrons. The molecule has 0 aromatic carbocycles. The van der Waals surface area contributed by atoms with Crippen molar-refractivity contribution in [2.75, 3.05) is 13.1 Å². The monoisotopic (exact) mass is 196 g/mol. The summed E-state index contributed by atoms with van der Waals surface area (Å²) in [4.78, 5) is 14.6. The molecule has 0 bridgehead atoms. The Bertz CT molecular complexity index is 270. The predicted octanol–water partition coefficient (Wildman–Crippen LogP) is -0.406. The Morgan fingerprint density at radius 3 is 3.07 bits per heavy atom. The van der Waals surface area contributed by atoms with Gasteiger partial charge in [-0.3, -0.25) is 4.79 Å². The Morgan fingerprint density at radius 1 is 1.71 bits per heavy atom. The van der Waals surface area contributed by atoms with E-state index in [9.17, 15) is 4.79 Å². The Hall–Kier alpha value is -1.36. The highest BCUT2D eigenvalue weighted by Crippen LogP contribution is 1.89. The molecule has 5 heteroatoms. The Balaban J connectivity index is 2.08. The molecule has 0 radical (unpaired) electrons. The number of aromatic nitrogens is 2. The summed E-state index contributed by atoms with van der Waals surface area (Å²) in [7, 11) is 0. The molecule has 0 aliphatic heterocycles. The number of carbonyl (C=O) groups is 1. The van der Waals surface area contributed by atoms with Gasteiger partial charge in [0, 0.05) is 37.9 Å². The van der Waals surface area contributed by atoms with E-state index in [1.807, 2.05) is 17.7 Å². The number of nitrogens with zero attached hydrogens (tertiary/aromatic N) is 2. The number of rotatable bonds is 6. The van der Waals surface area contributed by atoms with Gasteiger partial charge in [0.25, 0.3) is 0 Å². The molecular weight excluding hydrogens is 180 g/mol. The largest absolute Gasteiger partial charge is 0.369 e. The second-order valence-electron chi connectivity index (χ2n) is 3.31. The zero-order chi connectivity index (χ0) is 10.4. The predicted molar refractivity (Wildman–Crippen MR) is 53.5 cm³/mol. The van der Waals surface area contributed by atoms with E-state index in [0.29, 0.717) is 6.54 Å². The Labute approximate surface area is 83.3 Å². The van der Waals surface area contributed by atoms with Crippen molar-refractivity contribution in [1.29, 1.82) is 0 Å². The Kier molecular flexibility index (Phi) is 4.12. The van der Waals surface area contributed by atoms with Crippen molar-refractivity contribution in [3.63, 3.8) is 0 Å². The summed E-state index contributed by atoms with van der Waals surface area (Å²) >= 11 is 0. The molecule has 1 aromatic heterocycles. The summed E-state index contributed by atoms with van der Waals surface area (Å²) in [6.45, 7) is 4.11. The maximum atomic E-state index is 10.7. The van der Waals surface area contributed by atoms with Gasteiger partial charge in [-0.05, 0) is 0 Å². The van der Waals surface area contributed by atoms with Crippen LogP contribution in [0.2, 0.25) is 0 Å². The zero-order valence-corrected chi connectivity index (χ0v) is 8.31. The summed E-state index contributed by atoms with van der Waals surface area (Å²) < 4.78 is 1.97. The van der Waals surface area contributed by atoms with E-state index in [0.717, 1.165) is 13.1 Å². The summed E-state index contributed by atoms with van der Waals surface area (Å²) in [5.74, 6) is -0.377. The fourth-order valence-electron chi connectivity index (χ4n) is 1.05. The van der Waals surface area contributed by atoms with Crippen molar-refractivity contribution >= 4 is 5.91 Å². The van der Waals surface area contributed by atoms with Crippen LogP contribution >= 0.6 is 0 Å². The second kappa shape index (κ2) is 5.39. The lowest BCUT2D eigenvalue weighted by Gasteiger charge is -2.08. The van der Waals surface area contributed by atoms with Crippen LogP contribution in [0.1, 0.15) is 6.92 Å². The van der Waals surface area contributed by atoms with Crippen LogP contribution in [0.15, 0.2) is 18.7 Å². The highest BCUT2D eigenvalue weighted by molar-refractivity contribution is 5.76. The molecule has 0 saturated carbocycles. The van der Waals surface area contributed by atoms with E-state index in [1.54, 1.807) is 12.5 Å². The molecule has 1 heterocycles. The van der Waals surface area contributed by atoms with Crippen LogP contribution in [-0.4, -0.2) is 28.5 Å². The molecule has 1 atom stereocenters. The van der Waals surface area contributed by atoms with Gasteiger partial charge in [0.15, 0.2) is 0 Å². The zero-order valence-electron chi connectivity index (χ0n) is 8.31. The molecule has 3 N–H and O–H groups in total. The number of carbonyl (C=O) groups excluding carboxylic acids is 1. The van der Waals surface area contributed by atoms with Gasteiger partial charge in [0.05, 0.1) is 6.33 Å². The summed E-state index contributed by atoms with van der Waals surface area (Å²) in [5.41, 5.74) is 5.12. The molecule has 0 aliphatic carbocycles. The lowest BCUT2D eigenvalue weighted by atomic mass is 10.2. The van der Waals surface area contributed by atoms with Crippen molar-refractivity contribution in [3.8, 4) is 0 Å². The van der Waals surface area contributed by atoms with Crippen LogP contribution in [-0.2, 0) is 11.3 Å². The van der Waals surface area contributed by atoms with Gasteiger partial charge in [-0.25, -0.2) is 4.98 Å². The molecule has 1 unspecified atom stereocenters. The van der Waals surface area contributed by atoms with E-state index in [4.69, 9.17) is 5.73 Å². The van der Waals surface area contributed by atoms with Gasteiger partial charge >= 0.3 is 0 Å². The number of nitrogens with two attached hydrogens (primary N) is 1. The van der Waals surface area contributed by atoms with Crippen LogP contribution in [0.4, 0.5) is 0 Å². The third-order valence-electron chi connectivity index (χ3n) is 2.04. The SMILES string of the molecule is CC(CNCCn1ccnc1)C(N)=O. The fourth-order valence-corrected chi connectivity index (χ4v) is 1.05. The average molecular weight is 196 g/mol. The quantitative estimate of drug-likeness (QED) is 0.608. The van der Waals surface area contributed by atoms with Crippen molar-refractivity contribution in [3.05, 3.63) is 18.7 Å². The third-order valence-corrected chi connectivity index (χ3v) is 2.04. The summed E-state index contributed by atoms with van der Waals surface area (Å²) in [6, 6.07) is 0. The first kappa shape index (κ1) is 10.7.